The van der Waals surface area contributed by atoms with Crippen molar-refractivity contribution in [3.63, 3.8) is 0 Å². The first kappa shape index (κ1) is 19.0. The standard InChI is InChI=1S/C22H22N2O5/c1-27-12-11-24-10-9-16-17(22(24)26)3-2-4-18(16)23-21(25)8-6-15-5-7-19-20(13-15)29-14-28-19/h2-5,7,9-10,13H,6,8,11-12,14H2,1H3,(H,23,25). The number of ether oxygens (including phenoxy) is 3. The lowest BCUT2D eigenvalue weighted by molar-refractivity contribution is -0.116. The summed E-state index contributed by atoms with van der Waals surface area (Å²) in [6, 6.07) is 12.9. The van der Waals surface area contributed by atoms with Crippen LogP contribution in [0.4, 0.5) is 5.69 Å². The summed E-state index contributed by atoms with van der Waals surface area (Å²) in [5, 5.41) is 4.22. The number of anilines is 1. The minimum atomic E-state index is -0.112. The lowest BCUT2D eigenvalue weighted by Gasteiger charge is -2.11. The molecule has 0 saturated heterocycles. The SMILES string of the molecule is COCCn1ccc2c(NC(=O)CCc3ccc4c(c3)OCO4)cccc2c1=O. The fraction of sp³-hybridized carbons (Fsp3) is 0.273. The third-order valence-electron chi connectivity index (χ3n) is 4.91. The molecule has 0 radical (unpaired) electrons. The number of carbonyl (C=O) groups excluding carboxylic acids is 1. The molecule has 7 nitrogen and oxygen atoms in total. The van der Waals surface area contributed by atoms with Crippen LogP contribution >= 0.6 is 0 Å². The number of rotatable bonds is 7. The summed E-state index contributed by atoms with van der Waals surface area (Å²) in [7, 11) is 1.60. The molecule has 1 amide bonds. The monoisotopic (exact) mass is 394 g/mol. The molecular weight excluding hydrogens is 372 g/mol. The van der Waals surface area contributed by atoms with E-state index >= 15 is 0 Å². The van der Waals surface area contributed by atoms with Crippen LogP contribution in [0.2, 0.25) is 0 Å². The zero-order valence-corrected chi connectivity index (χ0v) is 16.1. The Morgan fingerprint density at radius 3 is 2.86 bits per heavy atom. The second-order valence-electron chi connectivity index (χ2n) is 6.81. The van der Waals surface area contributed by atoms with E-state index in [1.54, 1.807) is 36.1 Å². The summed E-state index contributed by atoms with van der Waals surface area (Å²) in [5.74, 6) is 1.32. The van der Waals surface area contributed by atoms with Crippen molar-refractivity contribution >= 4 is 22.4 Å². The number of hydrogen-bond donors (Lipinski definition) is 1. The number of hydrogen-bond acceptors (Lipinski definition) is 5. The summed E-state index contributed by atoms with van der Waals surface area (Å²) in [4.78, 5) is 25.1. The molecule has 2 aromatic carbocycles. The van der Waals surface area contributed by atoms with Gasteiger partial charge in [-0.2, -0.15) is 0 Å². The molecule has 0 saturated carbocycles. The quantitative estimate of drug-likeness (QED) is 0.667. The maximum absolute atomic E-state index is 12.6. The summed E-state index contributed by atoms with van der Waals surface area (Å²) in [6.45, 7) is 1.17. The number of nitrogens with zero attached hydrogens (tertiary/aromatic N) is 1. The highest BCUT2D eigenvalue weighted by Crippen LogP contribution is 2.32. The minimum Gasteiger partial charge on any atom is -0.454 e. The van der Waals surface area contributed by atoms with Crippen molar-refractivity contribution in [3.05, 3.63) is 64.6 Å². The Kier molecular flexibility index (Phi) is 5.48. The second kappa shape index (κ2) is 8.36. The highest BCUT2D eigenvalue weighted by Gasteiger charge is 2.14. The lowest BCUT2D eigenvalue weighted by atomic mass is 10.1. The van der Waals surface area contributed by atoms with E-state index in [0.29, 0.717) is 42.8 Å². The molecule has 1 aliphatic heterocycles. The average molecular weight is 394 g/mol. The van der Waals surface area contributed by atoms with E-state index in [4.69, 9.17) is 14.2 Å². The molecule has 4 rings (SSSR count). The number of fused-ring (bicyclic) bond motifs is 2. The summed E-state index contributed by atoms with van der Waals surface area (Å²) >= 11 is 0. The Bertz CT molecular complexity index is 1110. The van der Waals surface area contributed by atoms with Crippen LogP contribution in [-0.4, -0.2) is 31.0 Å². The molecule has 1 aliphatic rings. The third kappa shape index (κ3) is 4.09. The topological polar surface area (TPSA) is 78.8 Å². The van der Waals surface area contributed by atoms with Gasteiger partial charge in [-0.1, -0.05) is 12.1 Å². The minimum absolute atomic E-state index is 0.101. The van der Waals surface area contributed by atoms with Gasteiger partial charge in [-0.15, -0.1) is 0 Å². The number of aromatic nitrogens is 1. The van der Waals surface area contributed by atoms with E-state index in [9.17, 15) is 9.59 Å². The van der Waals surface area contributed by atoms with Gasteiger partial charge in [-0.05, 0) is 42.3 Å². The van der Waals surface area contributed by atoms with Gasteiger partial charge in [0.25, 0.3) is 5.56 Å². The van der Waals surface area contributed by atoms with E-state index in [2.05, 4.69) is 5.32 Å². The zero-order chi connectivity index (χ0) is 20.2. The number of aryl methyl sites for hydroxylation is 1. The molecule has 1 aromatic heterocycles. The van der Waals surface area contributed by atoms with Crippen LogP contribution in [0.5, 0.6) is 11.5 Å². The van der Waals surface area contributed by atoms with Crippen LogP contribution in [0.3, 0.4) is 0 Å². The highest BCUT2D eigenvalue weighted by atomic mass is 16.7. The summed E-state index contributed by atoms with van der Waals surface area (Å²) in [5.41, 5.74) is 1.54. The molecule has 7 heteroatoms. The van der Waals surface area contributed by atoms with E-state index in [0.717, 1.165) is 16.7 Å². The predicted molar refractivity (Wildman–Crippen MR) is 110 cm³/mol. The van der Waals surface area contributed by atoms with E-state index < -0.39 is 0 Å². The van der Waals surface area contributed by atoms with Gasteiger partial charge in [0.15, 0.2) is 11.5 Å². The smallest absolute Gasteiger partial charge is 0.258 e. The van der Waals surface area contributed by atoms with Gasteiger partial charge in [0, 0.05) is 42.7 Å². The van der Waals surface area contributed by atoms with Crippen LogP contribution in [0.25, 0.3) is 10.8 Å². The van der Waals surface area contributed by atoms with Gasteiger partial charge >= 0.3 is 0 Å². The van der Waals surface area contributed by atoms with Crippen LogP contribution in [0, 0.1) is 0 Å². The van der Waals surface area contributed by atoms with Crippen molar-refractivity contribution in [1.82, 2.24) is 4.57 Å². The molecule has 0 spiro atoms. The molecular formula is C22H22N2O5. The number of pyridine rings is 1. The van der Waals surface area contributed by atoms with Gasteiger partial charge in [0.1, 0.15) is 0 Å². The van der Waals surface area contributed by atoms with Crippen LogP contribution in [0.1, 0.15) is 12.0 Å². The average Bonchev–Trinajstić information content (AvgIpc) is 3.20. The molecule has 0 fully saturated rings. The van der Waals surface area contributed by atoms with E-state index in [1.165, 1.54) is 0 Å². The fourth-order valence-corrected chi connectivity index (χ4v) is 3.36. The van der Waals surface area contributed by atoms with Gasteiger partial charge in [0.2, 0.25) is 12.7 Å². The lowest BCUT2D eigenvalue weighted by Crippen LogP contribution is -2.22. The van der Waals surface area contributed by atoms with Crippen molar-refractivity contribution < 1.29 is 19.0 Å². The Hall–Kier alpha value is -3.32. The van der Waals surface area contributed by atoms with Crippen molar-refractivity contribution in [3.8, 4) is 11.5 Å². The number of nitrogens with one attached hydrogen (secondary N) is 1. The van der Waals surface area contributed by atoms with Gasteiger partial charge in [-0.25, -0.2) is 0 Å². The molecule has 3 aromatic rings. The van der Waals surface area contributed by atoms with Crippen LogP contribution in [-0.2, 0) is 22.5 Å². The number of amides is 1. The van der Waals surface area contributed by atoms with E-state index in [1.807, 2.05) is 24.3 Å². The maximum atomic E-state index is 12.6. The number of benzene rings is 2. The van der Waals surface area contributed by atoms with Crippen molar-refractivity contribution in [2.75, 3.05) is 25.8 Å². The Morgan fingerprint density at radius 2 is 2.00 bits per heavy atom. The summed E-state index contributed by atoms with van der Waals surface area (Å²) < 4.78 is 17.3. The zero-order valence-electron chi connectivity index (χ0n) is 16.1. The van der Waals surface area contributed by atoms with Crippen LogP contribution in [0.15, 0.2) is 53.5 Å². The Balaban J connectivity index is 1.46. The van der Waals surface area contributed by atoms with Gasteiger partial charge < -0.3 is 24.1 Å². The number of carbonyl (C=O) groups is 1. The normalized spacial score (nSPS) is 12.3. The first-order valence-electron chi connectivity index (χ1n) is 9.45. The third-order valence-corrected chi connectivity index (χ3v) is 4.91. The molecule has 0 bridgehead atoms. The largest absolute Gasteiger partial charge is 0.454 e. The van der Waals surface area contributed by atoms with Crippen molar-refractivity contribution in [1.29, 1.82) is 0 Å². The molecule has 2 heterocycles. The predicted octanol–water partition coefficient (Wildman–Crippen LogP) is 2.95. The van der Waals surface area contributed by atoms with Gasteiger partial charge in [-0.3, -0.25) is 9.59 Å². The van der Waals surface area contributed by atoms with Crippen molar-refractivity contribution in [2.24, 2.45) is 0 Å². The molecule has 29 heavy (non-hydrogen) atoms. The maximum Gasteiger partial charge on any atom is 0.258 e. The molecule has 150 valence electrons. The second-order valence-corrected chi connectivity index (χ2v) is 6.81. The van der Waals surface area contributed by atoms with Crippen LogP contribution < -0.4 is 20.3 Å². The highest BCUT2D eigenvalue weighted by molar-refractivity contribution is 6.01. The molecule has 0 atom stereocenters. The van der Waals surface area contributed by atoms with E-state index in [-0.39, 0.29) is 18.3 Å². The first-order valence-corrected chi connectivity index (χ1v) is 9.45. The summed E-state index contributed by atoms with van der Waals surface area (Å²) in [6.07, 6.45) is 2.63. The first-order chi connectivity index (χ1) is 14.2. The number of methoxy groups -OCH3 is 1. The molecule has 1 N–H and O–H groups in total. The molecule has 0 unspecified atom stereocenters. The van der Waals surface area contributed by atoms with Gasteiger partial charge in [0.05, 0.1) is 6.61 Å². The Labute approximate surface area is 167 Å². The Morgan fingerprint density at radius 1 is 1.14 bits per heavy atom. The fourth-order valence-electron chi connectivity index (χ4n) is 3.36. The molecule has 0 aliphatic carbocycles. The van der Waals surface area contributed by atoms with Crippen molar-refractivity contribution in [2.45, 2.75) is 19.4 Å².